The van der Waals surface area contributed by atoms with Gasteiger partial charge in [-0.15, -0.1) is 0 Å². The van der Waals surface area contributed by atoms with Gasteiger partial charge in [0.1, 0.15) is 11.6 Å². The zero-order valence-corrected chi connectivity index (χ0v) is 13.5. The predicted molar refractivity (Wildman–Crippen MR) is 89.7 cm³/mol. The number of hydrogen-bond donors (Lipinski definition) is 1. The van der Waals surface area contributed by atoms with Gasteiger partial charge in [0.25, 0.3) is 0 Å². The van der Waals surface area contributed by atoms with Gasteiger partial charge < -0.3 is 5.32 Å². The van der Waals surface area contributed by atoms with Crippen LogP contribution in [0, 0.1) is 13.8 Å². The Hall–Kier alpha value is -1.90. The van der Waals surface area contributed by atoms with Crippen LogP contribution in [-0.2, 0) is 6.42 Å². The fourth-order valence-corrected chi connectivity index (χ4v) is 2.31. The normalized spacial score (nSPS) is 10.7. The van der Waals surface area contributed by atoms with Gasteiger partial charge >= 0.3 is 0 Å². The van der Waals surface area contributed by atoms with Crippen molar-refractivity contribution in [3.63, 3.8) is 0 Å². The Morgan fingerprint density at radius 1 is 0.952 bits per heavy atom. The van der Waals surface area contributed by atoms with Crippen molar-refractivity contribution in [2.45, 2.75) is 47.0 Å². The van der Waals surface area contributed by atoms with E-state index in [0.717, 1.165) is 54.3 Å². The monoisotopic (exact) mass is 283 g/mol. The van der Waals surface area contributed by atoms with Gasteiger partial charge in [0, 0.05) is 24.1 Å². The molecular weight excluding hydrogens is 258 g/mol. The highest BCUT2D eigenvalue weighted by atomic mass is 15.0. The third kappa shape index (κ3) is 3.81. The van der Waals surface area contributed by atoms with Crippen molar-refractivity contribution in [1.82, 2.24) is 9.97 Å². The third-order valence-corrected chi connectivity index (χ3v) is 3.53. The maximum atomic E-state index is 4.78. The van der Waals surface area contributed by atoms with Crippen molar-refractivity contribution < 1.29 is 0 Å². The van der Waals surface area contributed by atoms with Crippen LogP contribution in [0.5, 0.6) is 0 Å². The van der Waals surface area contributed by atoms with Crippen molar-refractivity contribution in [2.24, 2.45) is 0 Å². The van der Waals surface area contributed by atoms with Crippen molar-refractivity contribution >= 4 is 5.82 Å². The Labute approximate surface area is 127 Å². The lowest BCUT2D eigenvalue weighted by molar-refractivity contribution is 0.830. The van der Waals surface area contributed by atoms with Crippen LogP contribution in [0.2, 0.25) is 0 Å². The molecule has 0 radical (unpaired) electrons. The van der Waals surface area contributed by atoms with Gasteiger partial charge in [0.2, 0.25) is 0 Å². The summed E-state index contributed by atoms with van der Waals surface area (Å²) in [6.45, 7) is 9.47. The maximum Gasteiger partial charge on any atom is 0.133 e. The minimum Gasteiger partial charge on any atom is -0.370 e. The highest BCUT2D eigenvalue weighted by Gasteiger charge is 2.12. The number of anilines is 1. The molecule has 0 saturated heterocycles. The van der Waals surface area contributed by atoms with Crippen molar-refractivity contribution in [2.75, 3.05) is 11.9 Å². The molecule has 0 amide bonds. The molecule has 2 rings (SSSR count). The summed E-state index contributed by atoms with van der Waals surface area (Å²) in [6, 6.07) is 8.55. The molecule has 3 nitrogen and oxygen atoms in total. The van der Waals surface area contributed by atoms with E-state index in [0.29, 0.717) is 0 Å². The van der Waals surface area contributed by atoms with E-state index in [1.165, 1.54) is 5.56 Å². The molecule has 0 bridgehead atoms. The Morgan fingerprint density at radius 3 is 2.29 bits per heavy atom. The summed E-state index contributed by atoms with van der Waals surface area (Å²) < 4.78 is 0. The topological polar surface area (TPSA) is 37.8 Å². The van der Waals surface area contributed by atoms with E-state index in [2.05, 4.69) is 62.3 Å². The summed E-state index contributed by atoms with van der Waals surface area (Å²) in [5, 5.41) is 3.43. The van der Waals surface area contributed by atoms with Gasteiger partial charge in [0.15, 0.2) is 0 Å². The van der Waals surface area contributed by atoms with Gasteiger partial charge in [-0.25, -0.2) is 9.97 Å². The fourth-order valence-electron chi connectivity index (χ4n) is 2.31. The zero-order valence-electron chi connectivity index (χ0n) is 13.5. The van der Waals surface area contributed by atoms with E-state index in [4.69, 9.17) is 4.98 Å². The molecule has 1 aromatic carbocycles. The highest BCUT2D eigenvalue weighted by Crippen LogP contribution is 2.26. The standard InChI is InChI=1S/C18H25N3/c1-5-7-16-20-17(15-10-8-13(3)9-11-15)14(4)18(21-16)19-12-6-2/h8-11H,5-7,12H2,1-4H3,(H,19,20,21). The molecule has 0 aliphatic heterocycles. The molecular formula is C18H25N3. The van der Waals surface area contributed by atoms with Gasteiger partial charge in [-0.2, -0.15) is 0 Å². The molecule has 112 valence electrons. The second kappa shape index (κ2) is 7.21. The highest BCUT2D eigenvalue weighted by molar-refractivity contribution is 5.68. The second-order valence-corrected chi connectivity index (χ2v) is 5.50. The summed E-state index contributed by atoms with van der Waals surface area (Å²) in [7, 11) is 0. The van der Waals surface area contributed by atoms with Crippen LogP contribution in [0.1, 0.15) is 43.6 Å². The first-order valence-electron chi connectivity index (χ1n) is 7.84. The largest absolute Gasteiger partial charge is 0.370 e. The molecule has 1 N–H and O–H groups in total. The van der Waals surface area contributed by atoms with E-state index in [1.54, 1.807) is 0 Å². The molecule has 0 aliphatic rings. The first kappa shape index (κ1) is 15.5. The van der Waals surface area contributed by atoms with E-state index in [9.17, 15) is 0 Å². The smallest absolute Gasteiger partial charge is 0.133 e. The molecule has 0 saturated carbocycles. The van der Waals surface area contributed by atoms with E-state index >= 15 is 0 Å². The van der Waals surface area contributed by atoms with Crippen LogP contribution in [0.4, 0.5) is 5.82 Å². The molecule has 0 fully saturated rings. The molecule has 1 heterocycles. The van der Waals surface area contributed by atoms with E-state index in [-0.39, 0.29) is 0 Å². The van der Waals surface area contributed by atoms with Gasteiger partial charge in [-0.3, -0.25) is 0 Å². The average Bonchev–Trinajstić information content (AvgIpc) is 2.49. The number of nitrogens with zero attached hydrogens (tertiary/aromatic N) is 2. The maximum absolute atomic E-state index is 4.78. The summed E-state index contributed by atoms with van der Waals surface area (Å²) in [5.41, 5.74) is 4.61. The van der Waals surface area contributed by atoms with Crippen molar-refractivity contribution in [3.8, 4) is 11.3 Å². The first-order chi connectivity index (χ1) is 10.2. The van der Waals surface area contributed by atoms with Crippen LogP contribution in [0.15, 0.2) is 24.3 Å². The molecule has 0 atom stereocenters. The molecule has 3 heteroatoms. The lowest BCUT2D eigenvalue weighted by atomic mass is 10.1. The molecule has 21 heavy (non-hydrogen) atoms. The third-order valence-electron chi connectivity index (χ3n) is 3.53. The van der Waals surface area contributed by atoms with E-state index < -0.39 is 0 Å². The number of benzene rings is 1. The summed E-state index contributed by atoms with van der Waals surface area (Å²) in [4.78, 5) is 9.46. The molecule has 0 aliphatic carbocycles. The van der Waals surface area contributed by atoms with Crippen LogP contribution < -0.4 is 5.32 Å². The van der Waals surface area contributed by atoms with Crippen LogP contribution in [-0.4, -0.2) is 16.5 Å². The van der Waals surface area contributed by atoms with Crippen molar-refractivity contribution in [3.05, 3.63) is 41.2 Å². The number of nitrogens with one attached hydrogen (secondary N) is 1. The lowest BCUT2D eigenvalue weighted by Gasteiger charge is -2.14. The predicted octanol–water partition coefficient (Wildman–Crippen LogP) is 4.53. The Balaban J connectivity index is 2.46. The van der Waals surface area contributed by atoms with Gasteiger partial charge in [0.05, 0.1) is 5.69 Å². The summed E-state index contributed by atoms with van der Waals surface area (Å²) in [5.74, 6) is 1.91. The summed E-state index contributed by atoms with van der Waals surface area (Å²) >= 11 is 0. The second-order valence-electron chi connectivity index (χ2n) is 5.50. The minimum atomic E-state index is 0.917. The molecule has 0 unspecified atom stereocenters. The molecule has 0 spiro atoms. The Morgan fingerprint density at radius 2 is 1.67 bits per heavy atom. The first-order valence-corrected chi connectivity index (χ1v) is 7.84. The zero-order chi connectivity index (χ0) is 15.2. The van der Waals surface area contributed by atoms with Gasteiger partial charge in [-0.1, -0.05) is 43.7 Å². The quantitative estimate of drug-likeness (QED) is 0.846. The molecule has 2 aromatic rings. The number of aryl methyl sites for hydroxylation is 2. The Bertz CT molecular complexity index is 588. The van der Waals surface area contributed by atoms with E-state index in [1.807, 2.05) is 0 Å². The lowest BCUT2D eigenvalue weighted by Crippen LogP contribution is -2.09. The number of hydrogen-bond acceptors (Lipinski definition) is 3. The average molecular weight is 283 g/mol. The van der Waals surface area contributed by atoms with Crippen molar-refractivity contribution in [1.29, 1.82) is 0 Å². The van der Waals surface area contributed by atoms with Crippen LogP contribution in [0.3, 0.4) is 0 Å². The molecule has 1 aromatic heterocycles. The van der Waals surface area contributed by atoms with Gasteiger partial charge in [-0.05, 0) is 26.7 Å². The number of aromatic nitrogens is 2. The van der Waals surface area contributed by atoms with Crippen LogP contribution >= 0.6 is 0 Å². The Kier molecular flexibility index (Phi) is 5.32. The van der Waals surface area contributed by atoms with Crippen LogP contribution in [0.25, 0.3) is 11.3 Å². The fraction of sp³-hybridized carbons (Fsp3) is 0.444. The SMILES string of the molecule is CCCNc1nc(CCC)nc(-c2ccc(C)cc2)c1C. The number of rotatable bonds is 6. The summed E-state index contributed by atoms with van der Waals surface area (Å²) in [6.07, 6.45) is 3.07. The minimum absolute atomic E-state index is 0.917.